The molecular formula is C26H26N2O5. The van der Waals surface area contributed by atoms with Crippen molar-refractivity contribution in [1.29, 1.82) is 0 Å². The van der Waals surface area contributed by atoms with Gasteiger partial charge in [0.1, 0.15) is 5.75 Å². The predicted octanol–water partition coefficient (Wildman–Crippen LogP) is 4.64. The lowest BCUT2D eigenvalue weighted by atomic mass is 10.1. The van der Waals surface area contributed by atoms with Crippen LogP contribution in [0.1, 0.15) is 34.0 Å². The molecule has 3 aromatic carbocycles. The summed E-state index contributed by atoms with van der Waals surface area (Å²) in [5.41, 5.74) is 3.96. The van der Waals surface area contributed by atoms with E-state index in [2.05, 4.69) is 10.6 Å². The van der Waals surface area contributed by atoms with Crippen molar-refractivity contribution in [1.82, 2.24) is 5.32 Å². The standard InChI is InChI=1S/C26H26N2O5/c1-3-32-26(31)33-23-13-11-20(12-14-23)25(30)28-22-10-6-8-19(15-22)17-27-24(29)16-21-9-5-4-7-18(21)2/h4-15H,3,16-17H2,1-2H3,(H,27,29)(H,28,30). The van der Waals surface area contributed by atoms with Gasteiger partial charge in [0.25, 0.3) is 5.91 Å². The molecule has 0 aliphatic rings. The normalized spacial score (nSPS) is 10.2. The van der Waals surface area contributed by atoms with Crippen molar-refractivity contribution >= 4 is 23.7 Å². The van der Waals surface area contributed by atoms with Gasteiger partial charge < -0.3 is 20.1 Å². The fraction of sp³-hybridized carbons (Fsp3) is 0.192. The Labute approximate surface area is 192 Å². The highest BCUT2D eigenvalue weighted by Crippen LogP contribution is 2.16. The van der Waals surface area contributed by atoms with E-state index in [1.165, 1.54) is 12.1 Å². The third kappa shape index (κ3) is 7.21. The van der Waals surface area contributed by atoms with E-state index in [1.54, 1.807) is 25.1 Å². The van der Waals surface area contributed by atoms with Crippen LogP contribution in [-0.2, 0) is 22.5 Å². The Morgan fingerprint density at radius 2 is 1.67 bits per heavy atom. The first-order valence-electron chi connectivity index (χ1n) is 10.6. The summed E-state index contributed by atoms with van der Waals surface area (Å²) in [6.45, 7) is 4.24. The van der Waals surface area contributed by atoms with Gasteiger partial charge in [-0.25, -0.2) is 4.79 Å². The number of anilines is 1. The zero-order valence-corrected chi connectivity index (χ0v) is 18.6. The molecule has 3 aromatic rings. The highest BCUT2D eigenvalue weighted by molar-refractivity contribution is 6.04. The molecule has 33 heavy (non-hydrogen) atoms. The lowest BCUT2D eigenvalue weighted by molar-refractivity contribution is -0.120. The molecule has 7 heteroatoms. The van der Waals surface area contributed by atoms with Crippen molar-refractivity contribution in [3.63, 3.8) is 0 Å². The van der Waals surface area contributed by atoms with E-state index in [0.29, 0.717) is 24.2 Å². The summed E-state index contributed by atoms with van der Waals surface area (Å²) < 4.78 is 9.70. The molecule has 0 aliphatic carbocycles. The second-order valence-corrected chi connectivity index (χ2v) is 7.34. The van der Waals surface area contributed by atoms with Crippen LogP contribution in [-0.4, -0.2) is 24.6 Å². The number of carbonyl (C=O) groups excluding carboxylic acids is 3. The zero-order valence-electron chi connectivity index (χ0n) is 18.6. The van der Waals surface area contributed by atoms with E-state index >= 15 is 0 Å². The summed E-state index contributed by atoms with van der Waals surface area (Å²) in [7, 11) is 0. The summed E-state index contributed by atoms with van der Waals surface area (Å²) in [6.07, 6.45) is -0.476. The smallest absolute Gasteiger partial charge is 0.434 e. The number of benzene rings is 3. The van der Waals surface area contributed by atoms with E-state index in [9.17, 15) is 14.4 Å². The Balaban J connectivity index is 1.54. The van der Waals surface area contributed by atoms with Crippen LogP contribution in [0.3, 0.4) is 0 Å². The number of ether oxygens (including phenoxy) is 2. The minimum atomic E-state index is -0.794. The summed E-state index contributed by atoms with van der Waals surface area (Å²) in [5, 5.41) is 5.74. The Morgan fingerprint density at radius 3 is 2.39 bits per heavy atom. The van der Waals surface area contributed by atoms with Gasteiger partial charge in [0.05, 0.1) is 13.0 Å². The molecule has 0 radical (unpaired) electrons. The van der Waals surface area contributed by atoms with Crippen molar-refractivity contribution in [3.05, 3.63) is 95.1 Å². The van der Waals surface area contributed by atoms with Crippen LogP contribution in [0.15, 0.2) is 72.8 Å². The Kier molecular flexibility index (Phi) is 8.18. The number of rotatable bonds is 8. The Morgan fingerprint density at radius 1 is 0.909 bits per heavy atom. The lowest BCUT2D eigenvalue weighted by Gasteiger charge is -2.10. The Bertz CT molecular complexity index is 1130. The van der Waals surface area contributed by atoms with Crippen molar-refractivity contribution in [2.45, 2.75) is 26.8 Å². The van der Waals surface area contributed by atoms with E-state index < -0.39 is 6.16 Å². The van der Waals surface area contributed by atoms with Crippen LogP contribution in [0.25, 0.3) is 0 Å². The molecule has 2 N–H and O–H groups in total. The van der Waals surface area contributed by atoms with Crippen LogP contribution < -0.4 is 15.4 Å². The van der Waals surface area contributed by atoms with Gasteiger partial charge in [-0.2, -0.15) is 0 Å². The highest BCUT2D eigenvalue weighted by atomic mass is 16.7. The molecule has 0 unspecified atom stereocenters. The van der Waals surface area contributed by atoms with Gasteiger partial charge in [-0.1, -0.05) is 36.4 Å². The van der Waals surface area contributed by atoms with E-state index in [0.717, 1.165) is 16.7 Å². The van der Waals surface area contributed by atoms with E-state index in [-0.39, 0.29) is 24.2 Å². The van der Waals surface area contributed by atoms with Crippen molar-refractivity contribution in [3.8, 4) is 5.75 Å². The molecule has 0 aliphatic heterocycles. The maximum Gasteiger partial charge on any atom is 0.513 e. The molecule has 0 saturated heterocycles. The van der Waals surface area contributed by atoms with Crippen LogP contribution in [0.2, 0.25) is 0 Å². The lowest BCUT2D eigenvalue weighted by Crippen LogP contribution is -2.24. The number of aryl methyl sites for hydroxylation is 1. The summed E-state index contributed by atoms with van der Waals surface area (Å²) in [4.78, 5) is 36.2. The number of carbonyl (C=O) groups is 3. The molecule has 0 fully saturated rings. The first-order chi connectivity index (χ1) is 15.9. The fourth-order valence-electron chi connectivity index (χ4n) is 3.12. The monoisotopic (exact) mass is 446 g/mol. The molecular weight excluding hydrogens is 420 g/mol. The minimum absolute atomic E-state index is 0.0659. The topological polar surface area (TPSA) is 93.7 Å². The largest absolute Gasteiger partial charge is 0.513 e. The molecule has 0 spiro atoms. The van der Waals surface area contributed by atoms with Gasteiger partial charge >= 0.3 is 6.16 Å². The van der Waals surface area contributed by atoms with Crippen LogP contribution in [0.4, 0.5) is 10.5 Å². The molecule has 0 bridgehead atoms. The molecule has 0 heterocycles. The maximum atomic E-state index is 12.5. The van der Waals surface area contributed by atoms with Gasteiger partial charge in [0.15, 0.2) is 0 Å². The molecule has 2 amide bonds. The molecule has 0 atom stereocenters. The van der Waals surface area contributed by atoms with Gasteiger partial charge in [0, 0.05) is 17.8 Å². The van der Waals surface area contributed by atoms with Crippen LogP contribution in [0, 0.1) is 6.92 Å². The molecule has 7 nitrogen and oxygen atoms in total. The predicted molar refractivity (Wildman–Crippen MR) is 125 cm³/mol. The van der Waals surface area contributed by atoms with Gasteiger partial charge in [-0.05, 0) is 66.9 Å². The third-order valence-corrected chi connectivity index (χ3v) is 4.87. The van der Waals surface area contributed by atoms with Crippen LogP contribution in [0.5, 0.6) is 5.75 Å². The average Bonchev–Trinajstić information content (AvgIpc) is 2.80. The quantitative estimate of drug-likeness (QED) is 0.388. The van der Waals surface area contributed by atoms with E-state index in [1.807, 2.05) is 49.4 Å². The third-order valence-electron chi connectivity index (χ3n) is 4.87. The fourth-order valence-corrected chi connectivity index (χ4v) is 3.12. The van der Waals surface area contributed by atoms with Gasteiger partial charge in [-0.15, -0.1) is 0 Å². The number of hydrogen-bond acceptors (Lipinski definition) is 5. The maximum absolute atomic E-state index is 12.5. The first kappa shape index (κ1) is 23.5. The zero-order chi connectivity index (χ0) is 23.6. The molecule has 3 rings (SSSR count). The summed E-state index contributed by atoms with van der Waals surface area (Å²) >= 11 is 0. The van der Waals surface area contributed by atoms with Gasteiger partial charge in [-0.3, -0.25) is 9.59 Å². The van der Waals surface area contributed by atoms with Gasteiger partial charge in [0.2, 0.25) is 5.91 Å². The summed E-state index contributed by atoms with van der Waals surface area (Å²) in [5.74, 6) is -0.0873. The second kappa shape index (κ2) is 11.5. The van der Waals surface area contributed by atoms with E-state index in [4.69, 9.17) is 9.47 Å². The second-order valence-electron chi connectivity index (χ2n) is 7.34. The summed E-state index contributed by atoms with van der Waals surface area (Å²) in [6, 6.07) is 21.2. The average molecular weight is 447 g/mol. The van der Waals surface area contributed by atoms with Crippen molar-refractivity contribution < 1.29 is 23.9 Å². The number of hydrogen-bond donors (Lipinski definition) is 2. The SMILES string of the molecule is CCOC(=O)Oc1ccc(C(=O)Nc2cccc(CNC(=O)Cc3ccccc3C)c2)cc1. The number of nitrogens with one attached hydrogen (secondary N) is 2. The van der Waals surface area contributed by atoms with Crippen molar-refractivity contribution in [2.75, 3.05) is 11.9 Å². The minimum Gasteiger partial charge on any atom is -0.434 e. The van der Waals surface area contributed by atoms with Crippen LogP contribution >= 0.6 is 0 Å². The number of amides is 2. The molecule has 0 saturated carbocycles. The molecule has 170 valence electrons. The van der Waals surface area contributed by atoms with Crippen molar-refractivity contribution in [2.24, 2.45) is 0 Å². The highest BCUT2D eigenvalue weighted by Gasteiger charge is 2.10. The molecule has 0 aromatic heterocycles. The first-order valence-corrected chi connectivity index (χ1v) is 10.6. The Hall–Kier alpha value is -4.13.